The van der Waals surface area contributed by atoms with Gasteiger partial charge in [0.05, 0.1) is 0 Å². The highest BCUT2D eigenvalue weighted by Crippen LogP contribution is 2.18. The fraction of sp³-hybridized carbons (Fsp3) is 0.692. The second kappa shape index (κ2) is 5.52. The third kappa shape index (κ3) is 2.72. The van der Waals surface area contributed by atoms with Crippen molar-refractivity contribution < 1.29 is 4.79 Å². The molecule has 1 N–H and O–H groups in total. The van der Waals surface area contributed by atoms with E-state index in [0.717, 1.165) is 31.7 Å². The van der Waals surface area contributed by atoms with E-state index in [-0.39, 0.29) is 5.91 Å². The summed E-state index contributed by atoms with van der Waals surface area (Å²) < 4.78 is 1.75. The van der Waals surface area contributed by atoms with Crippen LogP contribution in [0.15, 0.2) is 6.07 Å². The zero-order valence-corrected chi connectivity index (χ0v) is 11.4. The molecule has 2 rings (SSSR count). The van der Waals surface area contributed by atoms with Gasteiger partial charge in [0.15, 0.2) is 5.69 Å². The number of carbonyl (C=O) groups excluding carboxylic acids is 1. The van der Waals surface area contributed by atoms with E-state index in [4.69, 9.17) is 0 Å². The van der Waals surface area contributed by atoms with Crippen LogP contribution >= 0.6 is 0 Å². The lowest BCUT2D eigenvalue weighted by molar-refractivity contribution is 0.0667. The number of aromatic nitrogens is 2. The van der Waals surface area contributed by atoms with Crippen LogP contribution < -0.4 is 5.32 Å². The van der Waals surface area contributed by atoms with Gasteiger partial charge < -0.3 is 10.2 Å². The normalized spacial score (nSPS) is 20.2. The van der Waals surface area contributed by atoms with Crippen molar-refractivity contribution in [3.8, 4) is 0 Å². The van der Waals surface area contributed by atoms with E-state index >= 15 is 0 Å². The van der Waals surface area contributed by atoms with Gasteiger partial charge in [0, 0.05) is 25.8 Å². The van der Waals surface area contributed by atoms with E-state index < -0.39 is 0 Å². The molecule has 0 aliphatic carbocycles. The number of piperidine rings is 1. The van der Waals surface area contributed by atoms with Gasteiger partial charge in [-0.15, -0.1) is 0 Å². The summed E-state index contributed by atoms with van der Waals surface area (Å²) in [4.78, 5) is 14.3. The van der Waals surface area contributed by atoms with Crippen molar-refractivity contribution in [2.45, 2.75) is 19.8 Å². The SMILES string of the molecule is CNCC1CCCN(C(=O)c2cc(C)n(C)n2)C1. The quantitative estimate of drug-likeness (QED) is 0.863. The number of nitrogens with zero attached hydrogens (tertiary/aromatic N) is 3. The Morgan fingerprint density at radius 1 is 1.61 bits per heavy atom. The van der Waals surface area contributed by atoms with Crippen LogP contribution in [0.1, 0.15) is 29.0 Å². The Labute approximate surface area is 108 Å². The van der Waals surface area contributed by atoms with Gasteiger partial charge in [-0.1, -0.05) is 0 Å². The summed E-state index contributed by atoms with van der Waals surface area (Å²) in [5, 5.41) is 7.46. The molecule has 1 aromatic rings. The lowest BCUT2D eigenvalue weighted by Crippen LogP contribution is -2.42. The Kier molecular flexibility index (Phi) is 4.01. The van der Waals surface area contributed by atoms with Crippen molar-refractivity contribution in [3.63, 3.8) is 0 Å². The van der Waals surface area contributed by atoms with Crippen molar-refractivity contribution in [2.24, 2.45) is 13.0 Å². The van der Waals surface area contributed by atoms with Crippen molar-refractivity contribution in [3.05, 3.63) is 17.5 Å². The fourth-order valence-electron chi connectivity index (χ4n) is 2.53. The van der Waals surface area contributed by atoms with E-state index in [0.29, 0.717) is 11.6 Å². The molecule has 1 amide bonds. The van der Waals surface area contributed by atoms with Crippen LogP contribution in [-0.4, -0.2) is 47.3 Å². The zero-order valence-electron chi connectivity index (χ0n) is 11.4. The fourth-order valence-corrected chi connectivity index (χ4v) is 2.53. The average Bonchev–Trinajstić information content (AvgIpc) is 2.69. The minimum atomic E-state index is 0.0690. The average molecular weight is 250 g/mol. The first-order chi connectivity index (χ1) is 8.61. The van der Waals surface area contributed by atoms with E-state index in [2.05, 4.69) is 10.4 Å². The number of aryl methyl sites for hydroxylation is 2. The second-order valence-electron chi connectivity index (χ2n) is 5.11. The van der Waals surface area contributed by atoms with Crippen LogP contribution in [0.4, 0.5) is 0 Å². The molecule has 18 heavy (non-hydrogen) atoms. The van der Waals surface area contributed by atoms with Crippen molar-refractivity contribution in [1.82, 2.24) is 20.0 Å². The molecule has 0 radical (unpaired) electrons. The number of nitrogens with one attached hydrogen (secondary N) is 1. The molecule has 5 nitrogen and oxygen atoms in total. The van der Waals surface area contributed by atoms with Crippen LogP contribution in [0.3, 0.4) is 0 Å². The smallest absolute Gasteiger partial charge is 0.274 e. The van der Waals surface area contributed by atoms with Gasteiger partial charge in [-0.25, -0.2) is 0 Å². The Morgan fingerprint density at radius 2 is 2.39 bits per heavy atom. The predicted molar refractivity (Wildman–Crippen MR) is 70.5 cm³/mol. The molecule has 1 saturated heterocycles. The van der Waals surface area contributed by atoms with Gasteiger partial charge >= 0.3 is 0 Å². The van der Waals surface area contributed by atoms with Gasteiger partial charge in [0.1, 0.15) is 0 Å². The summed E-state index contributed by atoms with van der Waals surface area (Å²) in [6.45, 7) is 4.64. The van der Waals surface area contributed by atoms with E-state index in [1.165, 1.54) is 6.42 Å². The Hall–Kier alpha value is -1.36. The first-order valence-electron chi connectivity index (χ1n) is 6.56. The maximum atomic E-state index is 12.3. The van der Waals surface area contributed by atoms with E-state index in [9.17, 15) is 4.79 Å². The van der Waals surface area contributed by atoms with Crippen LogP contribution in [-0.2, 0) is 7.05 Å². The minimum absolute atomic E-state index is 0.0690. The van der Waals surface area contributed by atoms with E-state index in [1.54, 1.807) is 4.68 Å². The summed E-state index contributed by atoms with van der Waals surface area (Å²) >= 11 is 0. The summed E-state index contributed by atoms with van der Waals surface area (Å²) in [5.74, 6) is 0.636. The van der Waals surface area contributed by atoms with Crippen LogP contribution in [0.25, 0.3) is 0 Å². The van der Waals surface area contributed by atoms with E-state index in [1.807, 2.05) is 32.0 Å². The highest BCUT2D eigenvalue weighted by molar-refractivity contribution is 5.92. The van der Waals surface area contributed by atoms with Crippen LogP contribution in [0.5, 0.6) is 0 Å². The number of carbonyl (C=O) groups is 1. The highest BCUT2D eigenvalue weighted by Gasteiger charge is 2.25. The summed E-state index contributed by atoms with van der Waals surface area (Å²) in [7, 11) is 3.83. The van der Waals surface area contributed by atoms with Gasteiger partial charge in [-0.3, -0.25) is 9.48 Å². The number of amides is 1. The molecule has 5 heteroatoms. The molecule has 100 valence electrons. The van der Waals surface area contributed by atoms with Crippen molar-refractivity contribution in [2.75, 3.05) is 26.7 Å². The summed E-state index contributed by atoms with van der Waals surface area (Å²) in [6, 6.07) is 1.87. The topological polar surface area (TPSA) is 50.2 Å². The molecular weight excluding hydrogens is 228 g/mol. The molecule has 1 aliphatic rings. The first-order valence-corrected chi connectivity index (χ1v) is 6.56. The van der Waals surface area contributed by atoms with Gasteiger partial charge in [0.2, 0.25) is 0 Å². The van der Waals surface area contributed by atoms with Gasteiger partial charge in [-0.2, -0.15) is 5.10 Å². The Morgan fingerprint density at radius 3 is 3.00 bits per heavy atom. The molecule has 0 aromatic carbocycles. The summed E-state index contributed by atoms with van der Waals surface area (Å²) in [6.07, 6.45) is 2.29. The molecule has 1 aromatic heterocycles. The number of likely N-dealkylation sites (tertiary alicyclic amines) is 1. The largest absolute Gasteiger partial charge is 0.337 e. The standard InChI is InChI=1S/C13H22N4O/c1-10-7-12(15-16(10)3)13(18)17-6-4-5-11(9-17)8-14-2/h7,11,14H,4-6,8-9H2,1-3H3. The molecule has 1 unspecified atom stereocenters. The molecule has 0 saturated carbocycles. The third-order valence-electron chi connectivity index (χ3n) is 3.63. The molecule has 1 fully saturated rings. The van der Waals surface area contributed by atoms with Gasteiger partial charge in [-0.05, 0) is 45.3 Å². The highest BCUT2D eigenvalue weighted by atomic mass is 16.2. The molecule has 0 spiro atoms. The molecule has 0 bridgehead atoms. The second-order valence-corrected chi connectivity index (χ2v) is 5.11. The minimum Gasteiger partial charge on any atom is -0.337 e. The number of rotatable bonds is 3. The molecule has 1 aliphatic heterocycles. The maximum Gasteiger partial charge on any atom is 0.274 e. The molecule has 2 heterocycles. The predicted octanol–water partition coefficient (Wildman–Crippen LogP) is 0.800. The number of hydrogen-bond donors (Lipinski definition) is 1. The zero-order chi connectivity index (χ0) is 13.1. The van der Waals surface area contributed by atoms with Crippen molar-refractivity contribution in [1.29, 1.82) is 0 Å². The maximum absolute atomic E-state index is 12.3. The first kappa shape index (κ1) is 13.1. The number of hydrogen-bond acceptors (Lipinski definition) is 3. The lowest BCUT2D eigenvalue weighted by atomic mass is 9.98. The monoisotopic (exact) mass is 250 g/mol. The Bertz CT molecular complexity index is 405. The lowest BCUT2D eigenvalue weighted by Gasteiger charge is -2.32. The third-order valence-corrected chi connectivity index (χ3v) is 3.63. The van der Waals surface area contributed by atoms with Crippen molar-refractivity contribution >= 4 is 5.91 Å². The summed E-state index contributed by atoms with van der Waals surface area (Å²) in [5.41, 5.74) is 1.59. The molecule has 1 atom stereocenters. The van der Waals surface area contributed by atoms with Crippen LogP contribution in [0.2, 0.25) is 0 Å². The van der Waals surface area contributed by atoms with Crippen LogP contribution in [0, 0.1) is 12.8 Å². The molecular formula is C13H22N4O. The Balaban J connectivity index is 2.04. The van der Waals surface area contributed by atoms with Gasteiger partial charge in [0.25, 0.3) is 5.91 Å².